The molecule has 0 heterocycles. The first-order valence-corrected chi connectivity index (χ1v) is 9.33. The highest BCUT2D eigenvalue weighted by atomic mass is 32.2. The summed E-state index contributed by atoms with van der Waals surface area (Å²) in [7, 11) is -4.02. The molecule has 1 atom stereocenters. The van der Waals surface area contributed by atoms with Crippen LogP contribution in [0.4, 0.5) is 17.1 Å². The van der Waals surface area contributed by atoms with E-state index < -0.39 is 25.9 Å². The number of sulfone groups is 1. The number of carbonyl (C=O) groups excluding carboxylic acids is 2. The van der Waals surface area contributed by atoms with Gasteiger partial charge in [0, 0.05) is 30.4 Å². The van der Waals surface area contributed by atoms with Crippen molar-refractivity contribution in [3.8, 4) is 0 Å². The maximum Gasteiger partial charge on any atom is 0.269 e. The Morgan fingerprint density at radius 2 is 1.44 bits per heavy atom. The molecule has 0 spiro atoms. The zero-order chi connectivity index (χ0) is 20.2. The lowest BCUT2D eigenvalue weighted by molar-refractivity contribution is -0.384. The van der Waals surface area contributed by atoms with Crippen LogP contribution in [0.25, 0.3) is 0 Å². The van der Waals surface area contributed by atoms with Crippen LogP contribution in [0.1, 0.15) is 13.8 Å². The Balaban J connectivity index is 2.13. The van der Waals surface area contributed by atoms with Gasteiger partial charge in [-0.05, 0) is 43.3 Å². The van der Waals surface area contributed by atoms with Crippen LogP contribution >= 0.6 is 0 Å². The number of hydrogen-bond donors (Lipinski definition) is 2. The van der Waals surface area contributed by atoms with Gasteiger partial charge < -0.3 is 10.6 Å². The highest BCUT2D eigenvalue weighted by Crippen LogP contribution is 2.21. The smallest absolute Gasteiger partial charge is 0.269 e. The number of nitrogens with zero attached hydrogens (tertiary/aromatic N) is 1. The van der Waals surface area contributed by atoms with Gasteiger partial charge in [-0.2, -0.15) is 0 Å². The van der Waals surface area contributed by atoms with E-state index in [2.05, 4.69) is 10.6 Å². The maximum absolute atomic E-state index is 12.5. The largest absolute Gasteiger partial charge is 0.326 e. The number of nitrogens with one attached hydrogen (secondary N) is 2. The molecule has 0 saturated carbocycles. The summed E-state index contributed by atoms with van der Waals surface area (Å²) in [6.07, 6.45) is 0. The molecule has 0 aromatic heterocycles. The Morgan fingerprint density at radius 3 is 1.89 bits per heavy atom. The lowest BCUT2D eigenvalue weighted by Crippen LogP contribution is -2.32. The Hall–Kier alpha value is -3.27. The number of anilines is 2. The van der Waals surface area contributed by atoms with Crippen molar-refractivity contribution in [1.29, 1.82) is 0 Å². The second kappa shape index (κ2) is 7.96. The predicted molar refractivity (Wildman–Crippen MR) is 99.1 cm³/mol. The number of non-ortho nitro benzene ring substituents is 1. The number of hydrogen-bond acceptors (Lipinski definition) is 6. The zero-order valence-electron chi connectivity index (χ0n) is 14.5. The monoisotopic (exact) mass is 391 g/mol. The molecule has 2 aromatic rings. The van der Waals surface area contributed by atoms with E-state index in [4.69, 9.17) is 0 Å². The molecular weight excluding hydrogens is 374 g/mol. The molecule has 2 N–H and O–H groups in total. The van der Waals surface area contributed by atoms with Gasteiger partial charge in [0.05, 0.1) is 9.82 Å². The molecular formula is C17H17N3O6S. The molecule has 0 aliphatic carbocycles. The van der Waals surface area contributed by atoms with Gasteiger partial charge >= 0.3 is 0 Å². The lowest BCUT2D eigenvalue weighted by atomic mass is 10.2. The van der Waals surface area contributed by atoms with E-state index in [1.807, 2.05) is 0 Å². The van der Waals surface area contributed by atoms with Crippen LogP contribution in [0, 0.1) is 10.1 Å². The number of carbonyl (C=O) groups is 2. The minimum atomic E-state index is -4.02. The second-order valence-electron chi connectivity index (χ2n) is 5.69. The van der Waals surface area contributed by atoms with Gasteiger partial charge in [-0.3, -0.25) is 19.7 Å². The molecule has 2 aromatic carbocycles. The van der Waals surface area contributed by atoms with Crippen molar-refractivity contribution in [1.82, 2.24) is 0 Å². The van der Waals surface area contributed by atoms with E-state index in [0.717, 1.165) is 24.3 Å². The fourth-order valence-corrected chi connectivity index (χ4v) is 3.45. The van der Waals surface area contributed by atoms with Gasteiger partial charge in [0.2, 0.25) is 11.8 Å². The predicted octanol–water partition coefficient (Wildman–Crippen LogP) is 2.35. The van der Waals surface area contributed by atoms with E-state index >= 15 is 0 Å². The van der Waals surface area contributed by atoms with Crippen LogP contribution in [0.15, 0.2) is 53.4 Å². The van der Waals surface area contributed by atoms with Gasteiger partial charge in [0.25, 0.3) is 5.69 Å². The molecule has 2 rings (SSSR count). The molecule has 0 saturated heterocycles. The average Bonchev–Trinajstić information content (AvgIpc) is 2.62. The van der Waals surface area contributed by atoms with Crippen LogP contribution in [-0.2, 0) is 19.4 Å². The summed E-state index contributed by atoms with van der Waals surface area (Å²) < 4.78 is 25.1. The Labute approximate surface area is 155 Å². The first-order valence-electron chi connectivity index (χ1n) is 7.78. The summed E-state index contributed by atoms with van der Waals surface area (Å²) in [5, 5.41) is 14.3. The van der Waals surface area contributed by atoms with Crippen molar-refractivity contribution < 1.29 is 22.9 Å². The molecule has 27 heavy (non-hydrogen) atoms. The standard InChI is InChI=1S/C17H17N3O6S/c1-11(27(25,26)16-9-7-15(8-10-16)20(23)24)17(22)19-14-5-3-13(4-6-14)18-12(2)21/h3-11H,1-2H3,(H,18,21)(H,19,22)/t11-/m0/s1. The Bertz CT molecular complexity index is 969. The minimum Gasteiger partial charge on any atom is -0.326 e. The molecule has 2 amide bonds. The maximum atomic E-state index is 12.5. The van der Waals surface area contributed by atoms with E-state index in [1.54, 1.807) is 12.1 Å². The van der Waals surface area contributed by atoms with Crippen molar-refractivity contribution in [2.75, 3.05) is 10.6 Å². The van der Waals surface area contributed by atoms with Crippen LogP contribution in [0.5, 0.6) is 0 Å². The van der Waals surface area contributed by atoms with E-state index in [-0.39, 0.29) is 16.5 Å². The highest BCUT2D eigenvalue weighted by Gasteiger charge is 2.30. The lowest BCUT2D eigenvalue weighted by Gasteiger charge is -2.14. The summed E-state index contributed by atoms with van der Waals surface area (Å²) in [6, 6.07) is 10.5. The minimum absolute atomic E-state index is 0.184. The molecule has 0 bridgehead atoms. The van der Waals surface area contributed by atoms with Crippen LogP contribution < -0.4 is 10.6 Å². The van der Waals surface area contributed by atoms with Gasteiger partial charge in [-0.1, -0.05) is 0 Å². The summed E-state index contributed by atoms with van der Waals surface area (Å²) in [4.78, 5) is 33.1. The van der Waals surface area contributed by atoms with Crippen molar-refractivity contribution >= 4 is 38.7 Å². The number of rotatable bonds is 6. The van der Waals surface area contributed by atoms with E-state index in [1.165, 1.54) is 26.0 Å². The van der Waals surface area contributed by atoms with E-state index in [9.17, 15) is 28.1 Å². The van der Waals surface area contributed by atoms with Gasteiger partial charge in [0.15, 0.2) is 9.84 Å². The normalized spacial score (nSPS) is 12.1. The summed E-state index contributed by atoms with van der Waals surface area (Å²) in [5.74, 6) is -0.991. The number of benzene rings is 2. The van der Waals surface area contributed by atoms with Crippen molar-refractivity contribution in [3.63, 3.8) is 0 Å². The molecule has 0 radical (unpaired) electrons. The molecule has 0 aliphatic rings. The van der Waals surface area contributed by atoms with Gasteiger partial charge in [0.1, 0.15) is 5.25 Å². The van der Waals surface area contributed by atoms with E-state index in [0.29, 0.717) is 11.4 Å². The van der Waals surface area contributed by atoms with Crippen LogP contribution in [0.3, 0.4) is 0 Å². The molecule has 0 fully saturated rings. The summed E-state index contributed by atoms with van der Waals surface area (Å²) in [6.45, 7) is 2.60. The third-order valence-electron chi connectivity index (χ3n) is 3.68. The van der Waals surface area contributed by atoms with Gasteiger partial charge in [-0.15, -0.1) is 0 Å². The number of amides is 2. The number of nitro benzene ring substituents is 1. The molecule has 10 heteroatoms. The fourth-order valence-electron chi connectivity index (χ4n) is 2.19. The topological polar surface area (TPSA) is 135 Å². The van der Waals surface area contributed by atoms with Crippen LogP contribution in [-0.4, -0.2) is 30.4 Å². The van der Waals surface area contributed by atoms with Crippen molar-refractivity contribution in [2.45, 2.75) is 24.0 Å². The Kier molecular flexibility index (Phi) is 5.91. The second-order valence-corrected chi connectivity index (χ2v) is 7.95. The number of nitro groups is 1. The quantitative estimate of drug-likeness (QED) is 0.573. The first kappa shape index (κ1) is 20.0. The van der Waals surface area contributed by atoms with Crippen LogP contribution in [0.2, 0.25) is 0 Å². The molecule has 0 aliphatic heterocycles. The Morgan fingerprint density at radius 1 is 0.963 bits per heavy atom. The van der Waals surface area contributed by atoms with Gasteiger partial charge in [-0.25, -0.2) is 8.42 Å². The third kappa shape index (κ3) is 4.88. The third-order valence-corrected chi connectivity index (χ3v) is 5.76. The molecule has 9 nitrogen and oxygen atoms in total. The summed E-state index contributed by atoms with van der Waals surface area (Å²) in [5.41, 5.74) is 0.650. The fraction of sp³-hybridized carbons (Fsp3) is 0.176. The SMILES string of the molecule is CC(=O)Nc1ccc(NC(=O)[C@H](C)S(=O)(=O)c2ccc([N+](=O)[O-])cc2)cc1. The van der Waals surface area contributed by atoms with Crippen molar-refractivity contribution in [2.24, 2.45) is 0 Å². The first-order chi connectivity index (χ1) is 12.6. The molecule has 0 unspecified atom stereocenters. The van der Waals surface area contributed by atoms with Crippen molar-refractivity contribution in [3.05, 3.63) is 58.6 Å². The zero-order valence-corrected chi connectivity index (χ0v) is 15.3. The molecule has 142 valence electrons. The average molecular weight is 391 g/mol. The highest BCUT2D eigenvalue weighted by molar-refractivity contribution is 7.92. The summed E-state index contributed by atoms with van der Waals surface area (Å²) >= 11 is 0.